The minimum Gasteiger partial charge on any atom is -0.492 e. The van der Waals surface area contributed by atoms with Crippen LogP contribution in [0.2, 0.25) is 0 Å². The van der Waals surface area contributed by atoms with Gasteiger partial charge in [-0.25, -0.2) is 0 Å². The lowest BCUT2D eigenvalue weighted by molar-refractivity contribution is 0.263. The van der Waals surface area contributed by atoms with Crippen molar-refractivity contribution in [2.45, 2.75) is 45.7 Å². The van der Waals surface area contributed by atoms with E-state index in [1.165, 1.54) is 18.4 Å². The quantitative estimate of drug-likeness (QED) is 0.817. The topological polar surface area (TPSA) is 45.0 Å². The molecule has 1 aromatic carbocycles. The molecule has 1 N–H and O–H groups in total. The maximum absolute atomic E-state index is 8.97. The third kappa shape index (κ3) is 4.81. The SMILES string of the molecule is CC(C)(C#N)CCOc1ccc(CNC2CC2)cc1Br. The van der Waals surface area contributed by atoms with Crippen LogP contribution in [0.5, 0.6) is 5.75 Å². The van der Waals surface area contributed by atoms with Gasteiger partial charge < -0.3 is 10.1 Å². The van der Waals surface area contributed by atoms with Crippen molar-refractivity contribution in [3.63, 3.8) is 0 Å². The van der Waals surface area contributed by atoms with Gasteiger partial charge in [0.15, 0.2) is 0 Å². The van der Waals surface area contributed by atoms with Crippen molar-refractivity contribution in [2.24, 2.45) is 5.41 Å². The molecular formula is C16H21BrN2O. The molecule has 0 spiro atoms. The first-order chi connectivity index (χ1) is 9.50. The molecule has 1 saturated carbocycles. The van der Waals surface area contributed by atoms with E-state index in [-0.39, 0.29) is 5.41 Å². The zero-order valence-corrected chi connectivity index (χ0v) is 13.7. The molecule has 0 radical (unpaired) electrons. The van der Waals surface area contributed by atoms with Gasteiger partial charge in [0.25, 0.3) is 0 Å². The first kappa shape index (κ1) is 15.3. The van der Waals surface area contributed by atoms with Gasteiger partial charge in [0.05, 0.1) is 22.6 Å². The molecule has 4 heteroatoms. The van der Waals surface area contributed by atoms with Gasteiger partial charge in [-0.05, 0) is 66.7 Å². The Hall–Kier alpha value is -1.05. The number of hydrogen-bond acceptors (Lipinski definition) is 3. The largest absolute Gasteiger partial charge is 0.492 e. The highest BCUT2D eigenvalue weighted by atomic mass is 79.9. The summed E-state index contributed by atoms with van der Waals surface area (Å²) in [6.07, 6.45) is 3.33. The van der Waals surface area contributed by atoms with Crippen LogP contribution in [0.15, 0.2) is 22.7 Å². The highest BCUT2D eigenvalue weighted by Gasteiger charge is 2.20. The minimum atomic E-state index is -0.333. The molecule has 0 aliphatic heterocycles. The number of benzene rings is 1. The summed E-state index contributed by atoms with van der Waals surface area (Å²) in [6.45, 7) is 5.32. The predicted molar refractivity (Wildman–Crippen MR) is 83.5 cm³/mol. The van der Waals surface area contributed by atoms with E-state index in [4.69, 9.17) is 10.00 Å². The van der Waals surface area contributed by atoms with E-state index in [1.54, 1.807) is 0 Å². The van der Waals surface area contributed by atoms with Crippen molar-refractivity contribution < 1.29 is 4.74 Å². The molecule has 1 aliphatic carbocycles. The van der Waals surface area contributed by atoms with Gasteiger partial charge >= 0.3 is 0 Å². The molecule has 0 aromatic heterocycles. The van der Waals surface area contributed by atoms with Crippen molar-refractivity contribution in [1.29, 1.82) is 5.26 Å². The molecule has 108 valence electrons. The standard InChI is InChI=1S/C16H21BrN2O/c1-16(2,11-18)7-8-20-15-6-3-12(9-14(15)17)10-19-13-4-5-13/h3,6,9,13,19H,4-5,7-8,10H2,1-2H3. The van der Waals surface area contributed by atoms with Gasteiger partial charge in [-0.15, -0.1) is 0 Å². The second-order valence-corrected chi connectivity index (χ2v) is 6.87. The van der Waals surface area contributed by atoms with Gasteiger partial charge in [-0.2, -0.15) is 5.26 Å². The van der Waals surface area contributed by atoms with E-state index in [0.29, 0.717) is 6.61 Å². The fraction of sp³-hybridized carbons (Fsp3) is 0.562. The van der Waals surface area contributed by atoms with Gasteiger partial charge in [-0.3, -0.25) is 0 Å². The molecule has 1 fully saturated rings. The van der Waals surface area contributed by atoms with Crippen LogP contribution in [-0.4, -0.2) is 12.6 Å². The average molecular weight is 337 g/mol. The first-order valence-electron chi connectivity index (χ1n) is 7.06. The third-order valence-electron chi connectivity index (χ3n) is 3.46. The molecule has 0 amide bonds. The molecule has 1 aromatic rings. The van der Waals surface area contributed by atoms with E-state index in [2.05, 4.69) is 39.4 Å². The molecule has 2 rings (SSSR count). The Balaban J connectivity index is 1.84. The number of nitrogens with one attached hydrogen (secondary N) is 1. The monoisotopic (exact) mass is 336 g/mol. The normalized spacial score (nSPS) is 14.9. The fourth-order valence-electron chi connectivity index (χ4n) is 1.79. The van der Waals surface area contributed by atoms with Crippen LogP contribution >= 0.6 is 15.9 Å². The van der Waals surface area contributed by atoms with Gasteiger partial charge in [-0.1, -0.05) is 6.07 Å². The van der Waals surface area contributed by atoms with Crippen LogP contribution in [0, 0.1) is 16.7 Å². The summed E-state index contributed by atoms with van der Waals surface area (Å²) in [5.41, 5.74) is 0.925. The zero-order chi connectivity index (χ0) is 14.6. The summed E-state index contributed by atoms with van der Waals surface area (Å²) in [4.78, 5) is 0. The zero-order valence-electron chi connectivity index (χ0n) is 12.1. The molecular weight excluding hydrogens is 316 g/mol. The van der Waals surface area contributed by atoms with E-state index >= 15 is 0 Å². The van der Waals surface area contributed by atoms with E-state index in [0.717, 1.165) is 29.2 Å². The van der Waals surface area contributed by atoms with E-state index in [1.807, 2.05) is 19.9 Å². The molecule has 0 unspecified atom stereocenters. The lowest BCUT2D eigenvalue weighted by Gasteiger charge is -2.16. The number of nitriles is 1. The van der Waals surface area contributed by atoms with E-state index < -0.39 is 0 Å². The molecule has 20 heavy (non-hydrogen) atoms. The Morgan fingerprint density at radius 2 is 2.20 bits per heavy atom. The predicted octanol–water partition coefficient (Wildman–Crippen LogP) is 4.02. The summed E-state index contributed by atoms with van der Waals surface area (Å²) in [6, 6.07) is 9.18. The van der Waals surface area contributed by atoms with Crippen molar-refractivity contribution in [3.8, 4) is 11.8 Å². The maximum Gasteiger partial charge on any atom is 0.133 e. The van der Waals surface area contributed by atoms with Crippen LogP contribution in [0.1, 0.15) is 38.7 Å². The molecule has 0 atom stereocenters. The minimum absolute atomic E-state index is 0.333. The summed E-state index contributed by atoms with van der Waals surface area (Å²) < 4.78 is 6.72. The van der Waals surface area contributed by atoms with Gasteiger partial charge in [0, 0.05) is 12.6 Å². The van der Waals surface area contributed by atoms with Crippen LogP contribution in [-0.2, 0) is 6.54 Å². The fourth-order valence-corrected chi connectivity index (χ4v) is 2.33. The second-order valence-electron chi connectivity index (χ2n) is 6.01. The Morgan fingerprint density at radius 3 is 2.80 bits per heavy atom. The first-order valence-corrected chi connectivity index (χ1v) is 7.85. The Bertz CT molecular complexity index is 504. The summed E-state index contributed by atoms with van der Waals surface area (Å²) in [5, 5.41) is 12.5. The Labute approximate surface area is 129 Å². The summed E-state index contributed by atoms with van der Waals surface area (Å²) in [5.74, 6) is 0.842. The molecule has 0 bridgehead atoms. The number of rotatable bonds is 7. The Morgan fingerprint density at radius 1 is 1.45 bits per heavy atom. The lowest BCUT2D eigenvalue weighted by atomic mass is 9.92. The summed E-state index contributed by atoms with van der Waals surface area (Å²) in [7, 11) is 0. The number of halogens is 1. The molecule has 0 heterocycles. The average Bonchev–Trinajstić information content (AvgIpc) is 3.23. The van der Waals surface area contributed by atoms with Crippen molar-refractivity contribution in [2.75, 3.05) is 6.61 Å². The van der Waals surface area contributed by atoms with E-state index in [9.17, 15) is 0 Å². The lowest BCUT2D eigenvalue weighted by Crippen LogP contribution is -2.15. The maximum atomic E-state index is 8.97. The van der Waals surface area contributed by atoms with Crippen LogP contribution in [0.3, 0.4) is 0 Å². The second kappa shape index (κ2) is 6.60. The highest BCUT2D eigenvalue weighted by Crippen LogP contribution is 2.28. The van der Waals surface area contributed by atoms with Gasteiger partial charge in [0.1, 0.15) is 5.75 Å². The number of nitrogens with zero attached hydrogens (tertiary/aromatic N) is 1. The summed E-state index contributed by atoms with van der Waals surface area (Å²) >= 11 is 3.55. The van der Waals surface area contributed by atoms with Crippen LogP contribution in [0.25, 0.3) is 0 Å². The van der Waals surface area contributed by atoms with Crippen molar-refractivity contribution >= 4 is 15.9 Å². The number of hydrogen-bond donors (Lipinski definition) is 1. The molecule has 1 aliphatic rings. The third-order valence-corrected chi connectivity index (χ3v) is 4.08. The Kier molecular flexibility index (Phi) is 5.06. The van der Waals surface area contributed by atoms with Crippen LogP contribution in [0.4, 0.5) is 0 Å². The number of ether oxygens (including phenoxy) is 1. The highest BCUT2D eigenvalue weighted by molar-refractivity contribution is 9.10. The van der Waals surface area contributed by atoms with Gasteiger partial charge in [0.2, 0.25) is 0 Å². The van der Waals surface area contributed by atoms with Crippen LogP contribution < -0.4 is 10.1 Å². The molecule has 3 nitrogen and oxygen atoms in total. The van der Waals surface area contributed by atoms with Crippen molar-refractivity contribution in [1.82, 2.24) is 5.32 Å². The molecule has 0 saturated heterocycles. The van der Waals surface area contributed by atoms with Crippen molar-refractivity contribution in [3.05, 3.63) is 28.2 Å². The smallest absolute Gasteiger partial charge is 0.133 e.